The third-order valence-corrected chi connectivity index (χ3v) is 8.71. The Morgan fingerprint density at radius 3 is 2.41 bits per heavy atom. The van der Waals surface area contributed by atoms with Gasteiger partial charge in [-0.2, -0.15) is 13.2 Å². The van der Waals surface area contributed by atoms with Crippen LogP contribution in [-0.2, 0) is 16.1 Å². The van der Waals surface area contributed by atoms with Gasteiger partial charge in [0.25, 0.3) is 11.5 Å². The number of nitrogens with zero attached hydrogens (tertiary/aromatic N) is 3. The average Bonchev–Trinajstić information content (AvgIpc) is 3.26. The van der Waals surface area contributed by atoms with Crippen LogP contribution >= 0.6 is 23.2 Å². The Bertz CT molecular complexity index is 1540. The predicted octanol–water partition coefficient (Wildman–Crippen LogP) is 5.29. The summed E-state index contributed by atoms with van der Waals surface area (Å²) in [5, 5.41) is 0.327. The first-order valence-electron chi connectivity index (χ1n) is 13.2. The van der Waals surface area contributed by atoms with E-state index in [1.807, 2.05) is 0 Å². The lowest BCUT2D eigenvalue weighted by Crippen LogP contribution is -2.66. The monoisotopic (exact) mass is 617 g/mol. The minimum Gasteiger partial charge on any atom is -0.327 e. The third-order valence-electron chi connectivity index (χ3n) is 7.95. The second-order valence-electron chi connectivity index (χ2n) is 10.5. The Morgan fingerprint density at radius 2 is 1.76 bits per heavy atom. The smallest absolute Gasteiger partial charge is 0.327 e. The highest BCUT2D eigenvalue weighted by Crippen LogP contribution is 2.33. The summed E-state index contributed by atoms with van der Waals surface area (Å²) >= 11 is 12.4. The van der Waals surface area contributed by atoms with Crippen LogP contribution in [0.1, 0.15) is 53.7 Å². The van der Waals surface area contributed by atoms with Crippen LogP contribution in [0.5, 0.6) is 0 Å². The van der Waals surface area contributed by atoms with Gasteiger partial charge in [0, 0.05) is 31.2 Å². The maximum absolute atomic E-state index is 14.9. The van der Waals surface area contributed by atoms with Crippen molar-refractivity contribution in [3.63, 3.8) is 0 Å². The zero-order valence-corrected chi connectivity index (χ0v) is 23.3. The molecular weight excluding hydrogens is 591 g/mol. The average molecular weight is 618 g/mol. The van der Waals surface area contributed by atoms with Crippen LogP contribution in [0.2, 0.25) is 10.2 Å². The number of piperazine rings is 1. The van der Waals surface area contributed by atoms with Gasteiger partial charge in [0.1, 0.15) is 35.6 Å². The molecule has 1 saturated carbocycles. The number of halogens is 6. The summed E-state index contributed by atoms with van der Waals surface area (Å²) in [7, 11) is 0. The number of alkyl halides is 3. The van der Waals surface area contributed by atoms with Crippen molar-refractivity contribution in [1.82, 2.24) is 14.3 Å². The first kappa shape index (κ1) is 29.4. The van der Waals surface area contributed by atoms with Crippen LogP contribution in [0.4, 0.5) is 17.6 Å². The molecule has 2 aromatic heterocycles. The van der Waals surface area contributed by atoms with Crippen molar-refractivity contribution in [2.24, 2.45) is 0 Å². The van der Waals surface area contributed by atoms with Crippen LogP contribution in [0.3, 0.4) is 0 Å². The standard InChI is InChI=1S/C27H26Cl2F4N4O4/c28-20-14-22-24(38)34-15-17(36(22)23(20)29)12-16-6-7-21(30)19(13-16)25(39)35-8-10-37(11-9-35,18-4-2-1-3-5-18)41-26(40)27(31,32)33/h6-7,13-15,18H,1-5,8-12H2/p+1. The summed E-state index contributed by atoms with van der Waals surface area (Å²) in [6.07, 6.45) is 0.316. The topological polar surface area (TPSA) is 83.9 Å². The van der Waals surface area contributed by atoms with Gasteiger partial charge in [0.05, 0.1) is 23.7 Å². The van der Waals surface area contributed by atoms with E-state index in [4.69, 9.17) is 28.0 Å². The lowest BCUT2D eigenvalue weighted by atomic mass is 9.93. The Hall–Kier alpha value is -3.09. The van der Waals surface area contributed by atoms with E-state index in [0.29, 0.717) is 24.1 Å². The lowest BCUT2D eigenvalue weighted by molar-refractivity contribution is -1.11. The number of aromatic nitrogens is 2. The van der Waals surface area contributed by atoms with Crippen molar-refractivity contribution in [3.8, 4) is 0 Å². The maximum Gasteiger partial charge on any atom is 0.497 e. The molecule has 0 radical (unpaired) electrons. The molecule has 1 aromatic carbocycles. The highest BCUT2D eigenvalue weighted by molar-refractivity contribution is 6.42. The number of hydrogen-bond donors (Lipinski definition) is 1. The zero-order chi connectivity index (χ0) is 29.5. The molecule has 0 spiro atoms. The number of hydrogen-bond acceptors (Lipinski definition) is 4. The van der Waals surface area contributed by atoms with E-state index in [2.05, 4.69) is 4.98 Å². The molecule has 5 rings (SSSR count). The van der Waals surface area contributed by atoms with Gasteiger partial charge in [-0.15, -0.1) is 4.65 Å². The van der Waals surface area contributed by atoms with Crippen molar-refractivity contribution < 1.29 is 36.6 Å². The number of quaternary nitrogens is 1. The van der Waals surface area contributed by atoms with Gasteiger partial charge in [0.2, 0.25) is 0 Å². The molecule has 2 aliphatic rings. The molecule has 2 fully saturated rings. The SMILES string of the molecule is O=C(c1cc(Cc2c[nH]c(=O)c3cc(Cl)c(Cl)n23)ccc1F)N1CC[N+](OC(=O)C(F)(F)F)(C2CCCCC2)CC1. The summed E-state index contributed by atoms with van der Waals surface area (Å²) in [5.41, 5.74) is 0.721. The number of nitrogens with one attached hydrogen (secondary N) is 1. The van der Waals surface area contributed by atoms with E-state index < -0.39 is 34.1 Å². The number of H-pyrrole nitrogens is 1. The molecule has 14 heteroatoms. The second-order valence-corrected chi connectivity index (χ2v) is 11.2. The fraction of sp³-hybridized carbons (Fsp3) is 0.444. The van der Waals surface area contributed by atoms with E-state index in [1.54, 1.807) is 0 Å². The van der Waals surface area contributed by atoms with Crippen molar-refractivity contribution >= 4 is 40.6 Å². The first-order chi connectivity index (χ1) is 19.4. The minimum absolute atomic E-state index is 0.0117. The van der Waals surface area contributed by atoms with E-state index in [0.717, 1.165) is 25.3 Å². The molecule has 1 saturated heterocycles. The van der Waals surface area contributed by atoms with Crippen LogP contribution in [-0.4, -0.2) is 69.2 Å². The zero-order valence-electron chi connectivity index (χ0n) is 21.8. The van der Waals surface area contributed by atoms with Crippen LogP contribution < -0.4 is 5.56 Å². The van der Waals surface area contributed by atoms with E-state index in [1.165, 1.54) is 33.7 Å². The minimum atomic E-state index is -5.13. The van der Waals surface area contributed by atoms with Crippen LogP contribution in [0.25, 0.3) is 5.52 Å². The molecule has 0 atom stereocenters. The van der Waals surface area contributed by atoms with Gasteiger partial charge in [-0.1, -0.05) is 35.7 Å². The molecule has 0 unspecified atom stereocenters. The molecule has 1 aliphatic heterocycles. The van der Waals surface area contributed by atoms with Crippen molar-refractivity contribution in [3.05, 3.63) is 73.6 Å². The largest absolute Gasteiger partial charge is 0.497 e. The molecule has 1 aliphatic carbocycles. The lowest BCUT2D eigenvalue weighted by Gasteiger charge is -2.46. The molecule has 1 amide bonds. The quantitative estimate of drug-likeness (QED) is 0.311. The summed E-state index contributed by atoms with van der Waals surface area (Å²) in [4.78, 5) is 46.5. The normalized spacial score (nSPS) is 18.0. The Labute approximate surface area is 241 Å². The Balaban J connectivity index is 1.36. The van der Waals surface area contributed by atoms with Crippen molar-refractivity contribution in [2.45, 2.75) is 50.7 Å². The molecule has 3 aromatic rings. The molecule has 1 N–H and O–H groups in total. The molecule has 3 heterocycles. The summed E-state index contributed by atoms with van der Waals surface area (Å²) in [6.45, 7) is -0.0755. The first-order valence-corrected chi connectivity index (χ1v) is 14.0. The number of benzene rings is 1. The summed E-state index contributed by atoms with van der Waals surface area (Å²) < 4.78 is 55.2. The van der Waals surface area contributed by atoms with Gasteiger partial charge >= 0.3 is 12.1 Å². The molecule has 0 bridgehead atoms. The molecule has 220 valence electrons. The molecule has 41 heavy (non-hydrogen) atoms. The van der Waals surface area contributed by atoms with Crippen LogP contribution in [0, 0.1) is 5.82 Å². The van der Waals surface area contributed by atoms with Gasteiger partial charge < -0.3 is 9.88 Å². The van der Waals surface area contributed by atoms with Crippen molar-refractivity contribution in [2.75, 3.05) is 26.2 Å². The van der Waals surface area contributed by atoms with Gasteiger partial charge in [-0.3, -0.25) is 18.8 Å². The molecular formula is C27H27Cl2F4N4O4+. The van der Waals surface area contributed by atoms with E-state index in [9.17, 15) is 31.9 Å². The number of aromatic amines is 1. The maximum atomic E-state index is 14.9. The predicted molar refractivity (Wildman–Crippen MR) is 142 cm³/mol. The number of amides is 1. The van der Waals surface area contributed by atoms with Crippen molar-refractivity contribution in [1.29, 1.82) is 0 Å². The van der Waals surface area contributed by atoms with E-state index >= 15 is 0 Å². The fourth-order valence-electron chi connectivity index (χ4n) is 5.85. The highest BCUT2D eigenvalue weighted by atomic mass is 35.5. The number of fused-ring (bicyclic) bond motifs is 1. The summed E-state index contributed by atoms with van der Waals surface area (Å²) in [5.74, 6) is -3.63. The number of hydroxylamine groups is 3. The molecule has 8 nitrogen and oxygen atoms in total. The second kappa shape index (κ2) is 11.3. The fourth-order valence-corrected chi connectivity index (χ4v) is 6.30. The number of carbonyl (C=O) groups is 2. The van der Waals surface area contributed by atoms with Gasteiger partial charge in [0.15, 0.2) is 0 Å². The van der Waals surface area contributed by atoms with E-state index in [-0.39, 0.29) is 59.9 Å². The summed E-state index contributed by atoms with van der Waals surface area (Å²) in [6, 6.07) is 5.19. The van der Waals surface area contributed by atoms with Gasteiger partial charge in [-0.05, 0) is 36.6 Å². The Kier molecular flexibility index (Phi) is 8.10. The Morgan fingerprint density at radius 1 is 1.07 bits per heavy atom. The highest BCUT2D eigenvalue weighted by Gasteiger charge is 2.52. The number of rotatable bonds is 5. The third kappa shape index (κ3) is 5.82. The van der Waals surface area contributed by atoms with Gasteiger partial charge in [-0.25, -0.2) is 9.18 Å². The van der Waals surface area contributed by atoms with Crippen LogP contribution in [0.15, 0.2) is 35.3 Å². The number of carbonyl (C=O) groups excluding carboxylic acids is 2.